The maximum Gasteiger partial charge on any atom is 0.354 e. The highest BCUT2D eigenvalue weighted by molar-refractivity contribution is 5.85. The zero-order chi connectivity index (χ0) is 13.5. The predicted molar refractivity (Wildman–Crippen MR) is 72.1 cm³/mol. The van der Waals surface area contributed by atoms with Gasteiger partial charge in [-0.15, -0.1) is 0 Å². The Morgan fingerprint density at radius 3 is 2.83 bits per heavy atom. The highest BCUT2D eigenvalue weighted by Gasteiger charge is 2.05. The largest absolute Gasteiger partial charge is 0.477 e. The second-order valence-corrected chi connectivity index (χ2v) is 4.57. The van der Waals surface area contributed by atoms with Crippen LogP contribution >= 0.6 is 0 Å². The average molecular weight is 251 g/mol. The molecule has 5 nitrogen and oxygen atoms in total. The molecule has 1 aromatic heterocycles. The Morgan fingerprint density at radius 1 is 1.50 bits per heavy atom. The lowest BCUT2D eigenvalue weighted by Gasteiger charge is -2.20. The fraction of sp³-hybridized carbons (Fsp3) is 0.538. The first-order valence-electron chi connectivity index (χ1n) is 6.15. The first-order valence-corrected chi connectivity index (χ1v) is 6.15. The number of anilines is 1. The molecule has 0 aliphatic carbocycles. The number of carbonyl (C=O) groups is 1. The molecule has 0 bridgehead atoms. The molecule has 1 rings (SSSR count). The van der Waals surface area contributed by atoms with Gasteiger partial charge in [-0.1, -0.05) is 6.07 Å². The minimum atomic E-state index is -1.00. The lowest BCUT2D eigenvalue weighted by molar-refractivity contribution is 0.0690. The van der Waals surface area contributed by atoms with Crippen LogP contribution in [0.25, 0.3) is 0 Å². The standard InChI is InChI=1S/C13H21N3O2/c1-10(2)16(3)9-5-8-14-12-7-4-6-11(15-12)13(17)18/h4,6-7,10H,5,8-9H2,1-3H3,(H,14,15)(H,17,18). The zero-order valence-electron chi connectivity index (χ0n) is 11.2. The fourth-order valence-corrected chi connectivity index (χ4v) is 1.46. The van der Waals surface area contributed by atoms with Crippen LogP contribution in [0.15, 0.2) is 18.2 Å². The lowest BCUT2D eigenvalue weighted by Crippen LogP contribution is -2.28. The Hall–Kier alpha value is -1.62. The van der Waals surface area contributed by atoms with Gasteiger partial charge >= 0.3 is 5.97 Å². The molecule has 0 aliphatic rings. The van der Waals surface area contributed by atoms with Gasteiger partial charge in [0.2, 0.25) is 0 Å². The van der Waals surface area contributed by atoms with Crippen molar-refractivity contribution in [2.24, 2.45) is 0 Å². The van der Waals surface area contributed by atoms with E-state index in [2.05, 4.69) is 36.1 Å². The van der Waals surface area contributed by atoms with E-state index in [9.17, 15) is 4.79 Å². The molecule has 0 atom stereocenters. The Morgan fingerprint density at radius 2 is 2.22 bits per heavy atom. The Labute approximate surface area is 108 Å². The van der Waals surface area contributed by atoms with Crippen molar-refractivity contribution in [2.75, 3.05) is 25.5 Å². The molecular weight excluding hydrogens is 230 g/mol. The molecule has 0 spiro atoms. The number of nitrogens with one attached hydrogen (secondary N) is 1. The number of hydrogen-bond acceptors (Lipinski definition) is 4. The van der Waals surface area contributed by atoms with Gasteiger partial charge in [0.1, 0.15) is 5.82 Å². The van der Waals surface area contributed by atoms with E-state index in [1.165, 1.54) is 6.07 Å². The molecule has 0 unspecified atom stereocenters. The van der Waals surface area contributed by atoms with Crippen LogP contribution < -0.4 is 5.32 Å². The number of carboxylic acids is 1. The molecule has 0 fully saturated rings. The van der Waals surface area contributed by atoms with Crippen LogP contribution in [0.4, 0.5) is 5.82 Å². The van der Waals surface area contributed by atoms with Crippen molar-refractivity contribution < 1.29 is 9.90 Å². The Balaban J connectivity index is 2.35. The maximum absolute atomic E-state index is 10.8. The monoisotopic (exact) mass is 251 g/mol. The summed E-state index contributed by atoms with van der Waals surface area (Å²) in [5, 5.41) is 12.0. The molecule has 1 aromatic rings. The summed E-state index contributed by atoms with van der Waals surface area (Å²) in [6.45, 7) is 6.10. The lowest BCUT2D eigenvalue weighted by atomic mass is 10.3. The van der Waals surface area contributed by atoms with Gasteiger partial charge in [0.25, 0.3) is 0 Å². The normalized spacial score (nSPS) is 10.9. The van der Waals surface area contributed by atoms with E-state index in [0.29, 0.717) is 11.9 Å². The smallest absolute Gasteiger partial charge is 0.354 e. The number of pyridine rings is 1. The van der Waals surface area contributed by atoms with Gasteiger partial charge < -0.3 is 15.3 Å². The van der Waals surface area contributed by atoms with E-state index >= 15 is 0 Å². The summed E-state index contributed by atoms with van der Waals surface area (Å²) in [7, 11) is 2.09. The van der Waals surface area contributed by atoms with Crippen molar-refractivity contribution in [2.45, 2.75) is 26.3 Å². The number of carboxylic acid groups (broad SMARTS) is 1. The Kier molecular flexibility index (Phi) is 5.58. The molecule has 0 amide bonds. The number of hydrogen-bond donors (Lipinski definition) is 2. The summed E-state index contributed by atoms with van der Waals surface area (Å²) in [4.78, 5) is 17.0. The molecule has 100 valence electrons. The molecule has 0 radical (unpaired) electrons. The number of nitrogens with zero attached hydrogens (tertiary/aromatic N) is 2. The highest BCUT2D eigenvalue weighted by Crippen LogP contribution is 2.05. The van der Waals surface area contributed by atoms with Gasteiger partial charge in [-0.05, 0) is 46.0 Å². The van der Waals surface area contributed by atoms with Crippen molar-refractivity contribution in [3.05, 3.63) is 23.9 Å². The summed E-state index contributed by atoms with van der Waals surface area (Å²) < 4.78 is 0. The van der Waals surface area contributed by atoms with Crippen molar-refractivity contribution in [1.82, 2.24) is 9.88 Å². The molecule has 18 heavy (non-hydrogen) atoms. The zero-order valence-corrected chi connectivity index (χ0v) is 11.2. The van der Waals surface area contributed by atoms with E-state index in [1.807, 2.05) is 0 Å². The molecule has 2 N–H and O–H groups in total. The summed E-state index contributed by atoms with van der Waals surface area (Å²) >= 11 is 0. The third-order valence-electron chi connectivity index (χ3n) is 2.84. The van der Waals surface area contributed by atoms with Gasteiger partial charge in [0, 0.05) is 12.6 Å². The van der Waals surface area contributed by atoms with E-state index < -0.39 is 5.97 Å². The molecule has 0 saturated carbocycles. The van der Waals surface area contributed by atoms with Crippen LogP contribution in [-0.2, 0) is 0 Å². The first-order chi connectivity index (χ1) is 8.50. The highest BCUT2D eigenvalue weighted by atomic mass is 16.4. The van der Waals surface area contributed by atoms with Gasteiger partial charge in [0.15, 0.2) is 5.69 Å². The Bertz CT molecular complexity index is 394. The van der Waals surface area contributed by atoms with Gasteiger partial charge in [-0.25, -0.2) is 9.78 Å². The van der Waals surface area contributed by atoms with Crippen LogP contribution in [0.5, 0.6) is 0 Å². The van der Waals surface area contributed by atoms with Crippen molar-refractivity contribution in [3.8, 4) is 0 Å². The summed E-state index contributed by atoms with van der Waals surface area (Å²) in [6.07, 6.45) is 0.994. The first kappa shape index (κ1) is 14.4. The molecule has 0 aromatic carbocycles. The summed E-state index contributed by atoms with van der Waals surface area (Å²) in [6, 6.07) is 5.50. The van der Waals surface area contributed by atoms with Crippen LogP contribution in [0.1, 0.15) is 30.8 Å². The average Bonchev–Trinajstić information content (AvgIpc) is 2.34. The van der Waals surface area contributed by atoms with Crippen LogP contribution in [0.3, 0.4) is 0 Å². The molecule has 0 aliphatic heterocycles. The van der Waals surface area contributed by atoms with E-state index in [1.54, 1.807) is 12.1 Å². The van der Waals surface area contributed by atoms with E-state index in [4.69, 9.17) is 5.11 Å². The summed E-state index contributed by atoms with van der Waals surface area (Å²) in [5.41, 5.74) is 0.0688. The molecular formula is C13H21N3O2. The number of rotatable bonds is 7. The maximum atomic E-state index is 10.8. The minimum Gasteiger partial charge on any atom is -0.477 e. The van der Waals surface area contributed by atoms with Crippen LogP contribution in [0, 0.1) is 0 Å². The van der Waals surface area contributed by atoms with Crippen molar-refractivity contribution in [3.63, 3.8) is 0 Å². The third-order valence-corrected chi connectivity index (χ3v) is 2.84. The second kappa shape index (κ2) is 6.96. The number of aromatic nitrogens is 1. The second-order valence-electron chi connectivity index (χ2n) is 4.57. The van der Waals surface area contributed by atoms with Gasteiger partial charge in [0.05, 0.1) is 0 Å². The SMILES string of the molecule is CC(C)N(C)CCCNc1cccc(C(=O)O)n1. The molecule has 5 heteroatoms. The molecule has 1 heterocycles. The number of aromatic carboxylic acids is 1. The van der Waals surface area contributed by atoms with E-state index in [0.717, 1.165) is 19.5 Å². The van der Waals surface area contributed by atoms with Crippen LogP contribution in [0.2, 0.25) is 0 Å². The van der Waals surface area contributed by atoms with Crippen molar-refractivity contribution in [1.29, 1.82) is 0 Å². The minimum absolute atomic E-state index is 0.0688. The topological polar surface area (TPSA) is 65.5 Å². The van der Waals surface area contributed by atoms with Gasteiger partial charge in [-0.3, -0.25) is 0 Å². The predicted octanol–water partition coefficient (Wildman–Crippen LogP) is 1.92. The third kappa shape index (κ3) is 4.71. The molecule has 0 saturated heterocycles. The van der Waals surface area contributed by atoms with Crippen LogP contribution in [-0.4, -0.2) is 47.1 Å². The van der Waals surface area contributed by atoms with Crippen molar-refractivity contribution >= 4 is 11.8 Å². The quantitative estimate of drug-likeness (QED) is 0.725. The van der Waals surface area contributed by atoms with Gasteiger partial charge in [-0.2, -0.15) is 0 Å². The fourth-order valence-electron chi connectivity index (χ4n) is 1.46. The summed E-state index contributed by atoms with van der Waals surface area (Å²) in [5.74, 6) is -0.389. The van der Waals surface area contributed by atoms with E-state index in [-0.39, 0.29) is 5.69 Å².